The van der Waals surface area contributed by atoms with Crippen LogP contribution >= 0.6 is 0 Å². The third-order valence-corrected chi connectivity index (χ3v) is 3.67. The summed E-state index contributed by atoms with van der Waals surface area (Å²) in [5.74, 6) is -1.24. The first-order valence-electron chi connectivity index (χ1n) is 7.17. The van der Waals surface area contributed by atoms with Crippen LogP contribution in [0.15, 0.2) is 42.5 Å². The summed E-state index contributed by atoms with van der Waals surface area (Å²) >= 11 is 0. The third kappa shape index (κ3) is 2.30. The minimum Gasteiger partial charge on any atom is -0.478 e. The van der Waals surface area contributed by atoms with Crippen LogP contribution in [0.2, 0.25) is 0 Å². The first-order valence-corrected chi connectivity index (χ1v) is 7.17. The highest BCUT2D eigenvalue weighted by Gasteiger charge is 2.25. The van der Waals surface area contributed by atoms with Crippen molar-refractivity contribution in [3.8, 4) is 0 Å². The quantitative estimate of drug-likeness (QED) is 0.909. The summed E-state index contributed by atoms with van der Waals surface area (Å²) in [6.45, 7) is 2.80. The van der Waals surface area contributed by atoms with Crippen LogP contribution in [0.25, 0.3) is 0 Å². The standard InChI is InChI=1S/C17H16N2O3/c1-2-9-19-14-6-4-3-5-12(14)16(20)18-13-10-11(17(21)22)7-8-15(13)19/h3-8,10H,2,9H2,1H3,(H,18,20)(H,21,22). The number of aromatic carboxylic acids is 1. The number of carbonyl (C=O) groups is 2. The molecule has 2 N–H and O–H groups in total. The van der Waals surface area contributed by atoms with E-state index in [4.69, 9.17) is 5.11 Å². The van der Waals surface area contributed by atoms with Gasteiger partial charge in [-0.25, -0.2) is 4.79 Å². The maximum absolute atomic E-state index is 12.4. The number of hydrogen-bond donors (Lipinski definition) is 2. The lowest BCUT2D eigenvalue weighted by atomic mass is 10.1. The van der Waals surface area contributed by atoms with Crippen molar-refractivity contribution in [2.75, 3.05) is 16.8 Å². The van der Waals surface area contributed by atoms with Crippen LogP contribution in [0.4, 0.5) is 17.1 Å². The zero-order valence-electron chi connectivity index (χ0n) is 12.2. The Labute approximate surface area is 128 Å². The molecule has 2 aromatic carbocycles. The fraction of sp³-hybridized carbons (Fsp3) is 0.176. The van der Waals surface area contributed by atoms with Gasteiger partial charge in [-0.15, -0.1) is 0 Å². The van der Waals surface area contributed by atoms with Gasteiger partial charge in [-0.3, -0.25) is 4.79 Å². The molecular formula is C17H16N2O3. The van der Waals surface area contributed by atoms with E-state index in [1.54, 1.807) is 18.2 Å². The van der Waals surface area contributed by atoms with E-state index in [1.807, 2.05) is 23.1 Å². The molecule has 5 nitrogen and oxygen atoms in total. The highest BCUT2D eigenvalue weighted by atomic mass is 16.4. The van der Waals surface area contributed by atoms with Crippen molar-refractivity contribution in [2.45, 2.75) is 13.3 Å². The number of carbonyl (C=O) groups excluding carboxylic acids is 1. The zero-order valence-corrected chi connectivity index (χ0v) is 12.2. The molecule has 0 aliphatic carbocycles. The molecule has 0 bridgehead atoms. The summed E-state index contributed by atoms with van der Waals surface area (Å²) in [6, 6.07) is 12.2. The Morgan fingerprint density at radius 2 is 1.95 bits per heavy atom. The van der Waals surface area contributed by atoms with Crippen LogP contribution in [0.3, 0.4) is 0 Å². The fourth-order valence-corrected chi connectivity index (χ4v) is 2.69. The lowest BCUT2D eigenvalue weighted by Gasteiger charge is -2.25. The van der Waals surface area contributed by atoms with E-state index in [2.05, 4.69) is 12.2 Å². The summed E-state index contributed by atoms with van der Waals surface area (Å²) in [6.07, 6.45) is 0.905. The molecule has 2 aromatic rings. The SMILES string of the molecule is CCCN1c2ccc(C(=O)O)cc2NC(=O)c2ccccc21. The molecule has 1 aliphatic heterocycles. The van der Waals surface area contributed by atoms with Crippen molar-refractivity contribution in [3.63, 3.8) is 0 Å². The number of fused-ring (bicyclic) bond motifs is 2. The Morgan fingerprint density at radius 1 is 1.18 bits per heavy atom. The summed E-state index contributed by atoms with van der Waals surface area (Å²) < 4.78 is 0. The van der Waals surface area contributed by atoms with Gasteiger partial charge >= 0.3 is 5.97 Å². The first kappa shape index (κ1) is 14.1. The second-order valence-electron chi connectivity index (χ2n) is 5.16. The van der Waals surface area contributed by atoms with E-state index < -0.39 is 5.97 Å². The van der Waals surface area contributed by atoms with Gasteiger partial charge in [0.15, 0.2) is 0 Å². The Kier molecular flexibility index (Phi) is 3.55. The van der Waals surface area contributed by atoms with E-state index in [-0.39, 0.29) is 11.5 Å². The Bertz CT molecular complexity index is 755. The van der Waals surface area contributed by atoms with E-state index >= 15 is 0 Å². The number of amides is 1. The number of nitrogens with one attached hydrogen (secondary N) is 1. The Hall–Kier alpha value is -2.82. The van der Waals surface area contributed by atoms with Crippen LogP contribution in [-0.4, -0.2) is 23.5 Å². The Morgan fingerprint density at radius 3 is 2.68 bits per heavy atom. The molecule has 112 valence electrons. The summed E-state index contributed by atoms with van der Waals surface area (Å²) in [7, 11) is 0. The van der Waals surface area contributed by atoms with Gasteiger partial charge in [0.05, 0.1) is 28.2 Å². The number of rotatable bonds is 3. The summed E-state index contributed by atoms with van der Waals surface area (Å²) in [4.78, 5) is 25.6. The molecule has 0 radical (unpaired) electrons. The molecule has 0 atom stereocenters. The van der Waals surface area contributed by atoms with Crippen LogP contribution in [0.5, 0.6) is 0 Å². The molecule has 5 heteroatoms. The van der Waals surface area contributed by atoms with E-state index in [9.17, 15) is 9.59 Å². The van der Waals surface area contributed by atoms with E-state index in [0.717, 1.165) is 24.3 Å². The van der Waals surface area contributed by atoms with Gasteiger partial charge < -0.3 is 15.3 Å². The summed E-state index contributed by atoms with van der Waals surface area (Å²) in [5.41, 5.74) is 2.91. The van der Waals surface area contributed by atoms with Crippen LogP contribution in [0.1, 0.15) is 34.1 Å². The second kappa shape index (κ2) is 5.52. The van der Waals surface area contributed by atoms with Gasteiger partial charge in [0.2, 0.25) is 0 Å². The smallest absolute Gasteiger partial charge is 0.335 e. The number of nitrogens with zero attached hydrogens (tertiary/aromatic N) is 1. The lowest BCUT2D eigenvalue weighted by molar-refractivity contribution is 0.0696. The topological polar surface area (TPSA) is 69.6 Å². The molecule has 0 saturated carbocycles. The van der Waals surface area contributed by atoms with Crippen LogP contribution in [-0.2, 0) is 0 Å². The highest BCUT2D eigenvalue weighted by molar-refractivity contribution is 6.13. The maximum Gasteiger partial charge on any atom is 0.335 e. The first-order chi connectivity index (χ1) is 10.6. The molecule has 0 aromatic heterocycles. The van der Waals surface area contributed by atoms with Gasteiger partial charge in [-0.1, -0.05) is 19.1 Å². The predicted molar refractivity (Wildman–Crippen MR) is 85.1 cm³/mol. The normalized spacial score (nSPS) is 13.0. The fourth-order valence-electron chi connectivity index (χ4n) is 2.69. The van der Waals surface area contributed by atoms with Gasteiger partial charge in [0.1, 0.15) is 0 Å². The van der Waals surface area contributed by atoms with Gasteiger partial charge in [0.25, 0.3) is 5.91 Å². The number of para-hydroxylation sites is 1. The number of carboxylic acid groups (broad SMARTS) is 1. The largest absolute Gasteiger partial charge is 0.478 e. The third-order valence-electron chi connectivity index (χ3n) is 3.67. The summed E-state index contributed by atoms with van der Waals surface area (Å²) in [5, 5.41) is 12.0. The van der Waals surface area contributed by atoms with Crippen molar-refractivity contribution in [1.29, 1.82) is 0 Å². The van der Waals surface area contributed by atoms with Crippen LogP contribution < -0.4 is 10.2 Å². The highest BCUT2D eigenvalue weighted by Crippen LogP contribution is 2.38. The molecule has 0 spiro atoms. The molecule has 0 fully saturated rings. The predicted octanol–water partition coefficient (Wildman–Crippen LogP) is 3.50. The molecular weight excluding hydrogens is 280 g/mol. The molecule has 3 rings (SSSR count). The molecule has 1 heterocycles. The average Bonchev–Trinajstić information content (AvgIpc) is 2.63. The number of anilines is 3. The van der Waals surface area contributed by atoms with Crippen molar-refractivity contribution in [3.05, 3.63) is 53.6 Å². The van der Waals surface area contributed by atoms with Crippen molar-refractivity contribution in [2.24, 2.45) is 0 Å². The molecule has 1 amide bonds. The number of hydrogen-bond acceptors (Lipinski definition) is 3. The zero-order chi connectivity index (χ0) is 15.7. The van der Waals surface area contributed by atoms with Crippen molar-refractivity contribution < 1.29 is 14.7 Å². The van der Waals surface area contributed by atoms with E-state index in [0.29, 0.717) is 11.3 Å². The number of carboxylic acids is 1. The molecule has 22 heavy (non-hydrogen) atoms. The van der Waals surface area contributed by atoms with Crippen molar-refractivity contribution in [1.82, 2.24) is 0 Å². The minimum atomic E-state index is -1.01. The average molecular weight is 296 g/mol. The van der Waals surface area contributed by atoms with Gasteiger partial charge in [-0.05, 0) is 36.8 Å². The lowest BCUT2D eigenvalue weighted by Crippen LogP contribution is -2.18. The molecule has 0 unspecified atom stereocenters. The van der Waals surface area contributed by atoms with E-state index in [1.165, 1.54) is 6.07 Å². The van der Waals surface area contributed by atoms with Crippen molar-refractivity contribution >= 4 is 28.9 Å². The Balaban J connectivity index is 2.20. The van der Waals surface area contributed by atoms with Gasteiger partial charge in [0, 0.05) is 6.54 Å². The number of benzene rings is 2. The van der Waals surface area contributed by atoms with Gasteiger partial charge in [-0.2, -0.15) is 0 Å². The molecule has 0 saturated heterocycles. The second-order valence-corrected chi connectivity index (χ2v) is 5.16. The minimum absolute atomic E-state index is 0.154. The monoisotopic (exact) mass is 296 g/mol. The maximum atomic E-state index is 12.4. The van der Waals surface area contributed by atoms with Crippen LogP contribution in [0, 0.1) is 0 Å². The molecule has 1 aliphatic rings.